The molecule has 0 amide bonds. The van der Waals surface area contributed by atoms with E-state index in [1.165, 1.54) is 0 Å². The van der Waals surface area contributed by atoms with Crippen LogP contribution in [0.4, 0.5) is 0 Å². The van der Waals surface area contributed by atoms with Gasteiger partial charge in [-0.15, -0.1) is 0 Å². The predicted molar refractivity (Wildman–Crippen MR) is 66.3 cm³/mol. The lowest BCUT2D eigenvalue weighted by Crippen LogP contribution is -2.22. The summed E-state index contributed by atoms with van der Waals surface area (Å²) in [6.45, 7) is 1.95. The van der Waals surface area contributed by atoms with Gasteiger partial charge in [0.2, 0.25) is 5.88 Å². The summed E-state index contributed by atoms with van der Waals surface area (Å²) in [4.78, 5) is 17.0. The van der Waals surface area contributed by atoms with E-state index in [1.54, 1.807) is 31.9 Å². The molecule has 6 heteroatoms. The van der Waals surface area contributed by atoms with Crippen molar-refractivity contribution in [3.63, 3.8) is 0 Å². The zero-order valence-electron chi connectivity index (χ0n) is 10.6. The standard InChI is InChI=1S/C12H15N5O/c1-8-6-16-11(17-7-8)9(13-2)10-12(18-3)15-5-4-14-10/h4-7,9,13H,1-3H3. The maximum absolute atomic E-state index is 5.20. The molecule has 2 aromatic heterocycles. The number of nitrogens with zero attached hydrogens (tertiary/aromatic N) is 4. The van der Waals surface area contributed by atoms with Crippen molar-refractivity contribution in [3.8, 4) is 5.88 Å². The fraction of sp³-hybridized carbons (Fsp3) is 0.333. The number of hydrogen-bond acceptors (Lipinski definition) is 6. The van der Waals surface area contributed by atoms with Gasteiger partial charge in [-0.2, -0.15) is 0 Å². The average Bonchev–Trinajstić information content (AvgIpc) is 2.42. The molecule has 18 heavy (non-hydrogen) atoms. The Kier molecular flexibility index (Phi) is 3.78. The number of nitrogens with one attached hydrogen (secondary N) is 1. The summed E-state index contributed by atoms with van der Waals surface area (Å²) in [5, 5.41) is 3.12. The van der Waals surface area contributed by atoms with Crippen molar-refractivity contribution in [2.75, 3.05) is 14.2 Å². The molecule has 0 aromatic carbocycles. The number of methoxy groups -OCH3 is 1. The van der Waals surface area contributed by atoms with Crippen LogP contribution in [-0.2, 0) is 0 Å². The molecule has 0 aliphatic heterocycles. The van der Waals surface area contributed by atoms with Gasteiger partial charge >= 0.3 is 0 Å². The lowest BCUT2D eigenvalue weighted by atomic mass is 10.2. The number of aromatic nitrogens is 4. The Labute approximate surface area is 105 Å². The van der Waals surface area contributed by atoms with Crippen LogP contribution < -0.4 is 10.1 Å². The van der Waals surface area contributed by atoms with Crippen LogP contribution in [0.15, 0.2) is 24.8 Å². The lowest BCUT2D eigenvalue weighted by Gasteiger charge is -2.15. The Morgan fingerprint density at radius 1 is 1.11 bits per heavy atom. The molecule has 0 spiro atoms. The molecule has 0 bridgehead atoms. The van der Waals surface area contributed by atoms with Crippen LogP contribution in [0.3, 0.4) is 0 Å². The molecule has 1 atom stereocenters. The van der Waals surface area contributed by atoms with E-state index in [9.17, 15) is 0 Å². The van der Waals surface area contributed by atoms with Crippen LogP contribution in [0.2, 0.25) is 0 Å². The second-order valence-electron chi connectivity index (χ2n) is 3.79. The molecule has 0 saturated heterocycles. The molecule has 0 aliphatic carbocycles. The van der Waals surface area contributed by atoms with E-state index < -0.39 is 0 Å². The van der Waals surface area contributed by atoms with Crippen molar-refractivity contribution in [3.05, 3.63) is 41.9 Å². The molecular weight excluding hydrogens is 230 g/mol. The molecule has 1 N–H and O–H groups in total. The Morgan fingerprint density at radius 3 is 2.39 bits per heavy atom. The minimum Gasteiger partial charge on any atom is -0.480 e. The van der Waals surface area contributed by atoms with Crippen LogP contribution in [0, 0.1) is 6.92 Å². The predicted octanol–water partition coefficient (Wildman–Crippen LogP) is 0.892. The van der Waals surface area contributed by atoms with Gasteiger partial charge in [-0.05, 0) is 19.5 Å². The van der Waals surface area contributed by atoms with E-state index in [0.717, 1.165) is 5.56 Å². The van der Waals surface area contributed by atoms with Crippen molar-refractivity contribution < 1.29 is 4.74 Å². The molecule has 0 radical (unpaired) electrons. The van der Waals surface area contributed by atoms with Crippen molar-refractivity contribution in [1.82, 2.24) is 25.3 Å². The van der Waals surface area contributed by atoms with Gasteiger partial charge in [-0.25, -0.2) is 15.0 Å². The van der Waals surface area contributed by atoms with Crippen molar-refractivity contribution >= 4 is 0 Å². The molecule has 0 saturated carbocycles. The maximum atomic E-state index is 5.20. The summed E-state index contributed by atoms with van der Waals surface area (Å²) in [6.07, 6.45) is 6.76. The maximum Gasteiger partial charge on any atom is 0.237 e. The van der Waals surface area contributed by atoms with Crippen molar-refractivity contribution in [2.45, 2.75) is 13.0 Å². The zero-order valence-corrected chi connectivity index (χ0v) is 10.6. The van der Waals surface area contributed by atoms with Gasteiger partial charge in [0, 0.05) is 24.8 Å². The number of aryl methyl sites for hydroxylation is 1. The highest BCUT2D eigenvalue weighted by atomic mass is 16.5. The Balaban J connectivity index is 2.41. The third-order valence-corrected chi connectivity index (χ3v) is 2.51. The minimum absolute atomic E-state index is 0.241. The first-order chi connectivity index (χ1) is 8.76. The Hall–Kier alpha value is -2.08. The first-order valence-electron chi connectivity index (χ1n) is 5.57. The van der Waals surface area contributed by atoms with Crippen LogP contribution >= 0.6 is 0 Å². The van der Waals surface area contributed by atoms with Gasteiger partial charge in [0.15, 0.2) is 5.82 Å². The third-order valence-electron chi connectivity index (χ3n) is 2.51. The Morgan fingerprint density at radius 2 is 1.78 bits per heavy atom. The smallest absolute Gasteiger partial charge is 0.237 e. The van der Waals surface area contributed by atoms with Gasteiger partial charge in [0.1, 0.15) is 11.7 Å². The number of ether oxygens (including phenoxy) is 1. The van der Waals surface area contributed by atoms with E-state index in [0.29, 0.717) is 17.4 Å². The summed E-state index contributed by atoms with van der Waals surface area (Å²) in [6, 6.07) is -0.241. The van der Waals surface area contributed by atoms with Crippen LogP contribution in [0.1, 0.15) is 23.1 Å². The summed E-state index contributed by atoms with van der Waals surface area (Å²) < 4.78 is 5.20. The minimum atomic E-state index is -0.241. The van der Waals surface area contributed by atoms with Gasteiger partial charge in [-0.1, -0.05) is 0 Å². The van der Waals surface area contributed by atoms with E-state index >= 15 is 0 Å². The fourth-order valence-corrected chi connectivity index (χ4v) is 1.63. The third kappa shape index (κ3) is 2.43. The molecule has 2 heterocycles. The highest BCUT2D eigenvalue weighted by Crippen LogP contribution is 2.23. The molecular formula is C12H15N5O. The second kappa shape index (κ2) is 5.50. The summed E-state index contributed by atoms with van der Waals surface area (Å²) >= 11 is 0. The zero-order chi connectivity index (χ0) is 13.0. The molecule has 1 unspecified atom stereocenters. The molecule has 2 aromatic rings. The van der Waals surface area contributed by atoms with Gasteiger partial charge < -0.3 is 10.1 Å². The van der Waals surface area contributed by atoms with E-state index in [4.69, 9.17) is 4.74 Å². The summed E-state index contributed by atoms with van der Waals surface area (Å²) in [5.74, 6) is 1.11. The number of hydrogen-bond donors (Lipinski definition) is 1. The van der Waals surface area contributed by atoms with Crippen molar-refractivity contribution in [1.29, 1.82) is 0 Å². The molecule has 0 aliphatic rings. The Bertz CT molecular complexity index is 514. The highest BCUT2D eigenvalue weighted by Gasteiger charge is 2.21. The topological polar surface area (TPSA) is 72.8 Å². The monoisotopic (exact) mass is 245 g/mol. The molecule has 6 nitrogen and oxygen atoms in total. The largest absolute Gasteiger partial charge is 0.480 e. The first kappa shape index (κ1) is 12.4. The van der Waals surface area contributed by atoms with Crippen LogP contribution in [-0.4, -0.2) is 34.1 Å². The quantitative estimate of drug-likeness (QED) is 0.862. The average molecular weight is 245 g/mol. The van der Waals surface area contributed by atoms with Gasteiger partial charge in [0.25, 0.3) is 0 Å². The lowest BCUT2D eigenvalue weighted by molar-refractivity contribution is 0.383. The molecule has 0 fully saturated rings. The summed E-state index contributed by atoms with van der Waals surface area (Å²) in [5.41, 5.74) is 1.69. The van der Waals surface area contributed by atoms with Crippen LogP contribution in [0.25, 0.3) is 0 Å². The van der Waals surface area contributed by atoms with E-state index in [2.05, 4.69) is 25.3 Å². The fourth-order valence-electron chi connectivity index (χ4n) is 1.63. The molecule has 94 valence electrons. The van der Waals surface area contributed by atoms with Gasteiger partial charge in [-0.3, -0.25) is 4.98 Å². The highest BCUT2D eigenvalue weighted by molar-refractivity contribution is 5.26. The number of rotatable bonds is 4. The van der Waals surface area contributed by atoms with Gasteiger partial charge in [0.05, 0.1) is 7.11 Å². The summed E-state index contributed by atoms with van der Waals surface area (Å²) in [7, 11) is 3.39. The second-order valence-corrected chi connectivity index (χ2v) is 3.79. The normalized spacial score (nSPS) is 12.2. The SMILES string of the molecule is CNC(c1ncc(C)cn1)c1nccnc1OC. The van der Waals surface area contributed by atoms with Crippen molar-refractivity contribution in [2.24, 2.45) is 0 Å². The first-order valence-corrected chi connectivity index (χ1v) is 5.57. The molecule has 2 rings (SSSR count). The van der Waals surface area contributed by atoms with Crippen LogP contribution in [0.5, 0.6) is 5.88 Å². The van der Waals surface area contributed by atoms with E-state index in [-0.39, 0.29) is 6.04 Å². The van der Waals surface area contributed by atoms with E-state index in [1.807, 2.05) is 14.0 Å².